The van der Waals surface area contributed by atoms with Crippen molar-refractivity contribution in [1.29, 1.82) is 0 Å². The number of sulfonamides is 1. The summed E-state index contributed by atoms with van der Waals surface area (Å²) >= 11 is 0. The number of oxazole rings is 1. The minimum atomic E-state index is -3.47. The molecule has 0 amide bonds. The van der Waals surface area contributed by atoms with Crippen molar-refractivity contribution in [1.82, 2.24) is 9.71 Å². The average Bonchev–Trinajstić information content (AvgIpc) is 3.39. The van der Waals surface area contributed by atoms with Crippen LogP contribution in [0.1, 0.15) is 63.2 Å². The van der Waals surface area contributed by atoms with Crippen LogP contribution in [0.3, 0.4) is 0 Å². The van der Waals surface area contributed by atoms with Gasteiger partial charge in [-0.15, -0.1) is 0 Å². The van der Waals surface area contributed by atoms with E-state index in [1.165, 1.54) is 12.8 Å². The zero-order valence-corrected chi connectivity index (χ0v) is 15.1. The molecule has 134 valence electrons. The molecular formula is C19H24N2O3S. The molecule has 0 spiro atoms. The Morgan fingerprint density at radius 2 is 1.64 bits per heavy atom. The number of benzene rings is 1. The molecule has 6 heteroatoms. The lowest BCUT2D eigenvalue weighted by atomic mass is 10.1. The molecule has 2 fully saturated rings. The standard InChI is InChI=1S/C19H24N2O3S/c22-25(23,21-16-5-3-1-2-4-6-16)17-11-9-14(10-12-17)18-13-20-19(24-18)15-7-8-15/h9-13,15-16,21H,1-8H2. The molecule has 1 aromatic heterocycles. The third kappa shape index (κ3) is 3.96. The van der Waals surface area contributed by atoms with Gasteiger partial charge < -0.3 is 4.42 Å². The molecule has 0 unspecified atom stereocenters. The van der Waals surface area contributed by atoms with E-state index in [0.717, 1.165) is 50.0 Å². The zero-order chi connectivity index (χ0) is 17.3. The Kier molecular flexibility index (Phi) is 4.65. The van der Waals surface area contributed by atoms with Gasteiger partial charge in [-0.1, -0.05) is 25.7 Å². The first kappa shape index (κ1) is 16.8. The topological polar surface area (TPSA) is 72.2 Å². The van der Waals surface area contributed by atoms with E-state index in [0.29, 0.717) is 16.6 Å². The third-order valence-electron chi connectivity index (χ3n) is 5.08. The van der Waals surface area contributed by atoms with Crippen LogP contribution in [0.2, 0.25) is 0 Å². The lowest BCUT2D eigenvalue weighted by Crippen LogP contribution is -2.34. The normalized spacial score (nSPS) is 19.7. The molecular weight excluding hydrogens is 336 g/mol. The van der Waals surface area contributed by atoms with E-state index in [-0.39, 0.29) is 6.04 Å². The van der Waals surface area contributed by atoms with Gasteiger partial charge in [-0.25, -0.2) is 18.1 Å². The van der Waals surface area contributed by atoms with Gasteiger partial charge in [-0.05, 0) is 49.9 Å². The van der Waals surface area contributed by atoms with Crippen molar-refractivity contribution in [2.75, 3.05) is 0 Å². The van der Waals surface area contributed by atoms with Crippen LogP contribution in [-0.2, 0) is 10.0 Å². The van der Waals surface area contributed by atoms with Crippen molar-refractivity contribution < 1.29 is 12.8 Å². The summed E-state index contributed by atoms with van der Waals surface area (Å²) < 4.78 is 33.9. The molecule has 1 aromatic carbocycles. The number of rotatable bonds is 5. The van der Waals surface area contributed by atoms with E-state index in [2.05, 4.69) is 9.71 Å². The van der Waals surface area contributed by atoms with Crippen molar-refractivity contribution in [2.45, 2.75) is 68.2 Å². The SMILES string of the molecule is O=S(=O)(NC1CCCCCC1)c1ccc(-c2cnc(C3CC3)o2)cc1. The zero-order valence-electron chi connectivity index (χ0n) is 14.3. The molecule has 2 saturated carbocycles. The molecule has 4 rings (SSSR count). The van der Waals surface area contributed by atoms with Gasteiger partial charge in [0.1, 0.15) is 0 Å². The van der Waals surface area contributed by atoms with Crippen LogP contribution >= 0.6 is 0 Å². The Morgan fingerprint density at radius 1 is 0.960 bits per heavy atom. The van der Waals surface area contributed by atoms with Gasteiger partial charge in [0.25, 0.3) is 0 Å². The van der Waals surface area contributed by atoms with Crippen molar-refractivity contribution in [3.63, 3.8) is 0 Å². The van der Waals surface area contributed by atoms with E-state index in [1.54, 1.807) is 30.5 Å². The number of hydrogen-bond acceptors (Lipinski definition) is 4. The fourth-order valence-corrected chi connectivity index (χ4v) is 4.73. The second-order valence-corrected chi connectivity index (χ2v) is 8.89. The molecule has 1 heterocycles. The van der Waals surface area contributed by atoms with Crippen LogP contribution in [0.4, 0.5) is 0 Å². The van der Waals surface area contributed by atoms with E-state index >= 15 is 0 Å². The molecule has 0 bridgehead atoms. The van der Waals surface area contributed by atoms with Crippen molar-refractivity contribution in [2.24, 2.45) is 0 Å². The Bertz CT molecular complexity index is 815. The second-order valence-electron chi connectivity index (χ2n) is 7.17. The summed E-state index contributed by atoms with van der Waals surface area (Å²) in [4.78, 5) is 4.62. The maximum Gasteiger partial charge on any atom is 0.240 e. The van der Waals surface area contributed by atoms with E-state index < -0.39 is 10.0 Å². The number of nitrogens with zero attached hydrogens (tertiary/aromatic N) is 1. The highest BCUT2D eigenvalue weighted by Crippen LogP contribution is 2.40. The summed E-state index contributed by atoms with van der Waals surface area (Å²) in [7, 11) is -3.47. The minimum absolute atomic E-state index is 0.0579. The molecule has 0 atom stereocenters. The Morgan fingerprint density at radius 3 is 2.28 bits per heavy atom. The first-order chi connectivity index (χ1) is 12.1. The molecule has 2 aliphatic rings. The lowest BCUT2D eigenvalue weighted by molar-refractivity contribution is 0.508. The van der Waals surface area contributed by atoms with Crippen LogP contribution in [-0.4, -0.2) is 19.4 Å². The molecule has 0 aliphatic heterocycles. The summed E-state index contributed by atoms with van der Waals surface area (Å²) in [5.74, 6) is 1.96. The van der Waals surface area contributed by atoms with Gasteiger partial charge in [0, 0.05) is 17.5 Å². The van der Waals surface area contributed by atoms with Gasteiger partial charge in [0.05, 0.1) is 11.1 Å². The Hall–Kier alpha value is -1.66. The predicted molar refractivity (Wildman–Crippen MR) is 95.7 cm³/mol. The van der Waals surface area contributed by atoms with Crippen LogP contribution < -0.4 is 4.72 Å². The molecule has 0 radical (unpaired) electrons. The molecule has 25 heavy (non-hydrogen) atoms. The van der Waals surface area contributed by atoms with E-state index in [9.17, 15) is 8.42 Å². The predicted octanol–water partition coefficient (Wildman–Crippen LogP) is 4.22. The van der Waals surface area contributed by atoms with Crippen molar-refractivity contribution in [3.8, 4) is 11.3 Å². The molecule has 2 aromatic rings. The maximum absolute atomic E-state index is 12.6. The monoisotopic (exact) mass is 360 g/mol. The first-order valence-electron chi connectivity index (χ1n) is 9.20. The molecule has 2 aliphatic carbocycles. The van der Waals surface area contributed by atoms with Gasteiger partial charge in [-0.3, -0.25) is 0 Å². The number of nitrogens with one attached hydrogen (secondary N) is 1. The fourth-order valence-electron chi connectivity index (χ4n) is 3.42. The second kappa shape index (κ2) is 6.92. The smallest absolute Gasteiger partial charge is 0.240 e. The van der Waals surface area contributed by atoms with Crippen LogP contribution in [0, 0.1) is 0 Å². The largest absolute Gasteiger partial charge is 0.440 e. The van der Waals surface area contributed by atoms with E-state index in [1.807, 2.05) is 0 Å². The average molecular weight is 360 g/mol. The lowest BCUT2D eigenvalue weighted by Gasteiger charge is -2.16. The van der Waals surface area contributed by atoms with Crippen molar-refractivity contribution in [3.05, 3.63) is 36.4 Å². The molecule has 1 N–H and O–H groups in total. The highest BCUT2D eigenvalue weighted by molar-refractivity contribution is 7.89. The number of hydrogen-bond donors (Lipinski definition) is 1. The van der Waals surface area contributed by atoms with Crippen LogP contribution in [0.25, 0.3) is 11.3 Å². The van der Waals surface area contributed by atoms with Crippen molar-refractivity contribution >= 4 is 10.0 Å². The first-order valence-corrected chi connectivity index (χ1v) is 10.7. The van der Waals surface area contributed by atoms with Crippen LogP contribution in [0.5, 0.6) is 0 Å². The summed E-state index contributed by atoms with van der Waals surface area (Å²) in [6, 6.07) is 6.93. The summed E-state index contributed by atoms with van der Waals surface area (Å²) in [5, 5.41) is 0. The van der Waals surface area contributed by atoms with Crippen LogP contribution in [0.15, 0.2) is 39.8 Å². The van der Waals surface area contributed by atoms with Gasteiger partial charge in [0.2, 0.25) is 10.0 Å². The minimum Gasteiger partial charge on any atom is -0.440 e. The summed E-state index contributed by atoms with van der Waals surface area (Å²) in [6.45, 7) is 0. The summed E-state index contributed by atoms with van der Waals surface area (Å²) in [6.07, 6.45) is 10.5. The van der Waals surface area contributed by atoms with E-state index in [4.69, 9.17) is 4.42 Å². The summed E-state index contributed by atoms with van der Waals surface area (Å²) in [5.41, 5.74) is 0.854. The molecule has 5 nitrogen and oxygen atoms in total. The Balaban J connectivity index is 1.48. The quantitative estimate of drug-likeness (QED) is 0.810. The Labute approximate surface area is 148 Å². The van der Waals surface area contributed by atoms with Gasteiger partial charge in [0.15, 0.2) is 11.7 Å². The highest BCUT2D eigenvalue weighted by atomic mass is 32.2. The molecule has 0 saturated heterocycles. The third-order valence-corrected chi connectivity index (χ3v) is 6.61. The van der Waals surface area contributed by atoms with Gasteiger partial charge >= 0.3 is 0 Å². The highest BCUT2D eigenvalue weighted by Gasteiger charge is 2.28. The van der Waals surface area contributed by atoms with Gasteiger partial charge in [-0.2, -0.15) is 0 Å². The maximum atomic E-state index is 12.6. The number of aromatic nitrogens is 1. The fraction of sp³-hybridized carbons (Fsp3) is 0.526.